The molecular weight excluding hydrogens is 276 g/mol. The average Bonchev–Trinajstić information content (AvgIpc) is 2.09. The van der Waals surface area contributed by atoms with Gasteiger partial charge in [0.1, 0.15) is 0 Å². The highest BCUT2D eigenvalue weighted by Crippen LogP contribution is 2.38. The zero-order valence-corrected chi connectivity index (χ0v) is 11.1. The van der Waals surface area contributed by atoms with Gasteiger partial charge in [-0.2, -0.15) is 26.3 Å². The first-order valence-corrected chi connectivity index (χ1v) is 5.90. The molecule has 8 heteroatoms. The Morgan fingerprint density at radius 1 is 0.947 bits per heavy atom. The van der Waals surface area contributed by atoms with E-state index in [1.165, 1.54) is 6.92 Å². The standard InChI is InChI=1S/C11H19F6NO/c1-4-19-9(5-10(12,13)14,6-11(15,16)17)7-18-8(2)3/h8,18H,4-7H2,1-3H3. The summed E-state index contributed by atoms with van der Waals surface area (Å²) in [5.41, 5.74) is -2.31. The molecule has 0 amide bonds. The fourth-order valence-corrected chi connectivity index (χ4v) is 1.77. The summed E-state index contributed by atoms with van der Waals surface area (Å²) in [4.78, 5) is 0. The molecule has 0 fully saturated rings. The van der Waals surface area contributed by atoms with Crippen LogP contribution in [0.1, 0.15) is 33.6 Å². The lowest BCUT2D eigenvalue weighted by Crippen LogP contribution is -2.50. The van der Waals surface area contributed by atoms with E-state index in [4.69, 9.17) is 4.74 Å². The highest BCUT2D eigenvalue weighted by atomic mass is 19.4. The largest absolute Gasteiger partial charge is 0.391 e. The number of hydrogen-bond donors (Lipinski definition) is 1. The lowest BCUT2D eigenvalue weighted by Gasteiger charge is -2.36. The third-order valence-corrected chi connectivity index (χ3v) is 2.33. The van der Waals surface area contributed by atoms with Crippen molar-refractivity contribution in [3.05, 3.63) is 0 Å². The Morgan fingerprint density at radius 2 is 1.37 bits per heavy atom. The average molecular weight is 295 g/mol. The molecule has 1 N–H and O–H groups in total. The van der Waals surface area contributed by atoms with Gasteiger partial charge in [0.05, 0.1) is 18.4 Å². The Balaban J connectivity index is 5.09. The van der Waals surface area contributed by atoms with E-state index in [2.05, 4.69) is 5.32 Å². The monoisotopic (exact) mass is 295 g/mol. The number of hydrogen-bond acceptors (Lipinski definition) is 2. The third-order valence-electron chi connectivity index (χ3n) is 2.33. The van der Waals surface area contributed by atoms with Crippen LogP contribution in [0.3, 0.4) is 0 Å². The highest BCUT2D eigenvalue weighted by Gasteiger charge is 2.49. The second-order valence-corrected chi connectivity index (χ2v) is 4.74. The topological polar surface area (TPSA) is 21.3 Å². The first kappa shape index (κ1) is 18.5. The SMILES string of the molecule is CCOC(CNC(C)C)(CC(F)(F)F)CC(F)(F)F. The van der Waals surface area contributed by atoms with E-state index in [1.807, 2.05) is 0 Å². The minimum Gasteiger partial charge on any atom is -0.373 e. The molecule has 0 saturated heterocycles. The van der Waals surface area contributed by atoms with Gasteiger partial charge in [0.2, 0.25) is 0 Å². The summed E-state index contributed by atoms with van der Waals surface area (Å²) >= 11 is 0. The molecule has 0 aliphatic rings. The molecule has 116 valence electrons. The van der Waals surface area contributed by atoms with Crippen molar-refractivity contribution in [3.63, 3.8) is 0 Å². The van der Waals surface area contributed by atoms with Crippen LogP contribution in [-0.4, -0.2) is 37.1 Å². The lowest BCUT2D eigenvalue weighted by molar-refractivity contribution is -0.228. The molecule has 0 spiro atoms. The number of rotatable bonds is 7. The van der Waals surface area contributed by atoms with E-state index in [9.17, 15) is 26.3 Å². The van der Waals surface area contributed by atoms with Crippen molar-refractivity contribution in [2.75, 3.05) is 13.2 Å². The van der Waals surface area contributed by atoms with E-state index >= 15 is 0 Å². The maximum absolute atomic E-state index is 12.5. The van der Waals surface area contributed by atoms with E-state index < -0.39 is 37.3 Å². The van der Waals surface area contributed by atoms with Gasteiger partial charge in [-0.1, -0.05) is 13.8 Å². The summed E-state index contributed by atoms with van der Waals surface area (Å²) < 4.78 is 79.8. The van der Waals surface area contributed by atoms with Crippen molar-refractivity contribution in [1.29, 1.82) is 0 Å². The van der Waals surface area contributed by atoms with Gasteiger partial charge in [-0.05, 0) is 6.92 Å². The zero-order valence-electron chi connectivity index (χ0n) is 11.1. The van der Waals surface area contributed by atoms with Gasteiger partial charge in [0.15, 0.2) is 0 Å². The van der Waals surface area contributed by atoms with Crippen LogP contribution in [0.15, 0.2) is 0 Å². The summed E-state index contributed by atoms with van der Waals surface area (Å²) in [6.45, 7) is 3.93. The second kappa shape index (κ2) is 6.78. The van der Waals surface area contributed by atoms with Crippen molar-refractivity contribution in [2.45, 2.75) is 57.6 Å². The first-order valence-electron chi connectivity index (χ1n) is 5.90. The molecule has 0 unspecified atom stereocenters. The van der Waals surface area contributed by atoms with E-state index in [0.29, 0.717) is 0 Å². The summed E-state index contributed by atoms with van der Waals surface area (Å²) in [5, 5.41) is 2.59. The smallest absolute Gasteiger partial charge is 0.373 e. The molecule has 0 aromatic rings. The van der Waals surface area contributed by atoms with Gasteiger partial charge >= 0.3 is 12.4 Å². The van der Waals surface area contributed by atoms with Crippen LogP contribution < -0.4 is 5.32 Å². The summed E-state index contributed by atoms with van der Waals surface area (Å²) in [6.07, 6.45) is -12.7. The second-order valence-electron chi connectivity index (χ2n) is 4.74. The summed E-state index contributed by atoms with van der Waals surface area (Å²) in [5.74, 6) is 0. The summed E-state index contributed by atoms with van der Waals surface area (Å²) in [7, 11) is 0. The molecule has 0 bridgehead atoms. The predicted octanol–water partition coefficient (Wildman–Crippen LogP) is 3.66. The molecule has 0 aromatic heterocycles. The van der Waals surface area contributed by atoms with Gasteiger partial charge in [-0.3, -0.25) is 0 Å². The highest BCUT2D eigenvalue weighted by molar-refractivity contribution is 4.89. The van der Waals surface area contributed by atoms with Crippen LogP contribution in [0.2, 0.25) is 0 Å². The number of nitrogens with one attached hydrogen (secondary N) is 1. The van der Waals surface area contributed by atoms with Crippen molar-refractivity contribution >= 4 is 0 Å². The van der Waals surface area contributed by atoms with E-state index in [1.54, 1.807) is 13.8 Å². The Morgan fingerprint density at radius 3 is 1.63 bits per heavy atom. The molecule has 0 heterocycles. The van der Waals surface area contributed by atoms with Gasteiger partial charge in [0.25, 0.3) is 0 Å². The molecule has 0 rings (SSSR count). The van der Waals surface area contributed by atoms with Gasteiger partial charge < -0.3 is 10.1 Å². The minimum absolute atomic E-state index is 0.216. The Labute approximate surface area is 108 Å². The van der Waals surface area contributed by atoms with Crippen LogP contribution >= 0.6 is 0 Å². The Bertz CT molecular complexity index is 245. The fourth-order valence-electron chi connectivity index (χ4n) is 1.77. The predicted molar refractivity (Wildman–Crippen MR) is 58.8 cm³/mol. The van der Waals surface area contributed by atoms with Gasteiger partial charge in [-0.25, -0.2) is 0 Å². The molecule has 0 aliphatic heterocycles. The number of ether oxygens (including phenoxy) is 1. The van der Waals surface area contributed by atoms with Crippen molar-refractivity contribution in [1.82, 2.24) is 5.32 Å². The molecule has 2 nitrogen and oxygen atoms in total. The molecule has 0 atom stereocenters. The van der Waals surface area contributed by atoms with Crippen LogP contribution in [0.25, 0.3) is 0 Å². The zero-order chi connectivity index (χ0) is 15.3. The van der Waals surface area contributed by atoms with Crippen molar-refractivity contribution in [3.8, 4) is 0 Å². The first-order chi connectivity index (χ1) is 8.39. The van der Waals surface area contributed by atoms with E-state index in [-0.39, 0.29) is 12.6 Å². The lowest BCUT2D eigenvalue weighted by atomic mass is 9.93. The maximum Gasteiger partial charge on any atom is 0.391 e. The van der Waals surface area contributed by atoms with Crippen LogP contribution in [0.5, 0.6) is 0 Å². The molecular formula is C11H19F6NO. The van der Waals surface area contributed by atoms with E-state index in [0.717, 1.165) is 0 Å². The Hall–Kier alpha value is -0.500. The fraction of sp³-hybridized carbons (Fsp3) is 1.00. The third kappa shape index (κ3) is 9.10. The number of halogens is 6. The molecule has 0 aliphatic carbocycles. The van der Waals surface area contributed by atoms with Gasteiger partial charge in [0, 0.05) is 19.2 Å². The van der Waals surface area contributed by atoms with Crippen LogP contribution in [0, 0.1) is 0 Å². The maximum atomic E-state index is 12.5. The molecule has 0 radical (unpaired) electrons. The Kier molecular flexibility index (Phi) is 6.61. The van der Waals surface area contributed by atoms with Gasteiger partial charge in [-0.15, -0.1) is 0 Å². The quantitative estimate of drug-likeness (QED) is 0.724. The number of alkyl halides is 6. The molecule has 0 saturated carbocycles. The van der Waals surface area contributed by atoms with Crippen molar-refractivity contribution in [2.24, 2.45) is 0 Å². The normalized spacial score (nSPS) is 14.2. The van der Waals surface area contributed by atoms with Crippen LogP contribution in [0.4, 0.5) is 26.3 Å². The van der Waals surface area contributed by atoms with Crippen molar-refractivity contribution < 1.29 is 31.1 Å². The summed E-state index contributed by atoms with van der Waals surface area (Å²) in [6, 6.07) is -0.235. The minimum atomic E-state index is -4.72. The van der Waals surface area contributed by atoms with Crippen LogP contribution in [-0.2, 0) is 4.74 Å². The molecule has 0 aromatic carbocycles. The molecule has 19 heavy (non-hydrogen) atoms.